The van der Waals surface area contributed by atoms with Gasteiger partial charge in [0.2, 0.25) is 0 Å². The molecule has 3 heteroatoms. The van der Waals surface area contributed by atoms with E-state index >= 15 is 0 Å². The molecule has 0 heterocycles. The predicted molar refractivity (Wildman–Crippen MR) is 19.5 cm³/mol. The lowest BCUT2D eigenvalue weighted by atomic mass is 10.9. The summed E-state index contributed by atoms with van der Waals surface area (Å²) in [5.41, 5.74) is 0. The van der Waals surface area contributed by atoms with Crippen LogP contribution in [-0.4, -0.2) is 11.7 Å². The third-order valence-electron chi connectivity index (χ3n) is 0. The molecule has 32 valence electrons. The summed E-state index contributed by atoms with van der Waals surface area (Å²) in [6.45, 7) is 1.93. The van der Waals surface area contributed by atoms with Crippen LogP contribution < -0.4 is 0 Å². The second kappa shape index (κ2) is 74.4. The molecule has 0 radical (unpaired) electrons. The highest BCUT2D eigenvalue weighted by Gasteiger charge is 1.34. The molecule has 0 aliphatic carbocycles. The van der Waals surface area contributed by atoms with Crippen LogP contribution in [0.4, 0.5) is 0 Å². The van der Waals surface area contributed by atoms with Crippen LogP contribution in [0.1, 0.15) is 6.92 Å². The van der Waals surface area contributed by atoms with Gasteiger partial charge in [0.1, 0.15) is 0 Å². The van der Waals surface area contributed by atoms with E-state index in [2.05, 4.69) is 0 Å². The van der Waals surface area contributed by atoms with Gasteiger partial charge in [-0.25, -0.2) is 0 Å². The van der Waals surface area contributed by atoms with Gasteiger partial charge in [-0.1, -0.05) is 0 Å². The summed E-state index contributed by atoms with van der Waals surface area (Å²) in [6.07, 6.45) is 0. The molecule has 0 saturated heterocycles. The average Bonchev–Trinajstić information content (AvgIpc) is 1.46. The largest absolute Gasteiger partial charge is 0.397 e. The Kier molecular flexibility index (Phi) is 131. The molecule has 0 amide bonds. The van der Waals surface area contributed by atoms with E-state index in [1.165, 1.54) is 0 Å². The lowest BCUT2D eigenvalue weighted by Gasteiger charge is -1.52. The highest BCUT2D eigenvalue weighted by molar-refractivity contribution is 4.07. The van der Waals surface area contributed by atoms with Crippen molar-refractivity contribution in [2.24, 2.45) is 0 Å². The fourth-order valence-corrected chi connectivity index (χ4v) is 0. The van der Waals surface area contributed by atoms with Crippen LogP contribution in [0.5, 0.6) is 0 Å². The summed E-state index contributed by atoms with van der Waals surface area (Å²) in [7, 11) is 0. The second-order valence-corrected chi connectivity index (χ2v) is 0.316. The Morgan fingerprint density at radius 3 is 1.60 bits per heavy atom. The van der Waals surface area contributed by atoms with Gasteiger partial charge in [0.25, 0.3) is 0 Å². The van der Waals surface area contributed by atoms with Gasteiger partial charge in [0.05, 0.1) is 0 Å². The molecule has 3 nitrogen and oxygen atoms in total. The average molecular weight is 78.1 g/mol. The Bertz CT molecular complexity index is 8.85. The molecular formula is C2H6O3. The van der Waals surface area contributed by atoms with Gasteiger partial charge in [-0.3, -0.25) is 0 Å². The van der Waals surface area contributed by atoms with E-state index in [9.17, 15) is 0 Å². The fourth-order valence-electron chi connectivity index (χ4n) is 0. The van der Waals surface area contributed by atoms with Crippen LogP contribution in [-0.2, 0) is 0 Å². The molecule has 0 aromatic heterocycles. The zero-order valence-corrected chi connectivity index (χ0v) is 2.97. The lowest BCUT2D eigenvalue weighted by Crippen LogP contribution is -1.57. The first-order valence-corrected chi connectivity index (χ1v) is 1.19. The molecule has 0 unspecified atom stereocenters. The number of hydrogen-bond donors (Lipinski definition) is 1. The van der Waals surface area contributed by atoms with Crippen molar-refractivity contribution in [1.29, 1.82) is 0 Å². The van der Waals surface area contributed by atoms with Crippen LogP contribution in [0.2, 0.25) is 0 Å². The maximum atomic E-state index is 7.57. The van der Waals surface area contributed by atoms with E-state index < -0.39 is 0 Å². The third kappa shape index (κ3) is 44.8. The molecule has 0 aromatic carbocycles. The first-order chi connectivity index (χ1) is 2.41. The fraction of sp³-hybridized carbons (Fsp3) is 1.00. The third-order valence-corrected chi connectivity index (χ3v) is 0. The first-order valence-electron chi connectivity index (χ1n) is 1.19. The van der Waals surface area contributed by atoms with Crippen LogP contribution in [0.25, 0.3) is 0 Å². The monoisotopic (exact) mass is 78.0 g/mol. The topological polar surface area (TPSA) is 54.4 Å². The Balaban J connectivity index is 0. The van der Waals surface area contributed by atoms with Crippen molar-refractivity contribution in [3.63, 3.8) is 0 Å². The van der Waals surface area contributed by atoms with Gasteiger partial charge in [-0.05, 0) is 6.92 Å². The van der Waals surface area contributed by atoms with Crippen molar-refractivity contribution >= 4 is 0 Å². The molecule has 5 heavy (non-hydrogen) atoms. The maximum Gasteiger partial charge on any atom is 0.0402 e. The molecule has 1 N–H and O–H groups in total. The molecule has 0 atom stereocenters. The number of aliphatic hydroxyl groups is 1. The van der Waals surface area contributed by atoms with E-state index in [0.29, 0.717) is 0 Å². The zero-order chi connectivity index (χ0) is 4.71. The summed E-state index contributed by atoms with van der Waals surface area (Å²) in [4.78, 5) is 14.0. The molecule has 0 spiro atoms. The Morgan fingerprint density at radius 2 is 1.60 bits per heavy atom. The molecule has 0 saturated carbocycles. The SMILES string of the molecule is CCO.O=O. The minimum absolute atomic E-state index is 0.250. The van der Waals surface area contributed by atoms with Gasteiger partial charge < -0.3 is 5.11 Å². The number of hydrogen-bond acceptors (Lipinski definition) is 3. The van der Waals surface area contributed by atoms with Crippen molar-refractivity contribution in [2.75, 3.05) is 6.61 Å². The van der Waals surface area contributed by atoms with Crippen LogP contribution in [0.15, 0.2) is 0 Å². The van der Waals surface area contributed by atoms with Gasteiger partial charge in [0, 0.05) is 16.5 Å². The quantitative estimate of drug-likeness (QED) is 0.446. The summed E-state index contributed by atoms with van der Waals surface area (Å²) >= 11 is 0. The van der Waals surface area contributed by atoms with Gasteiger partial charge in [0.15, 0.2) is 0 Å². The van der Waals surface area contributed by atoms with E-state index in [-0.39, 0.29) is 6.61 Å². The summed E-state index contributed by atoms with van der Waals surface area (Å²) in [5.74, 6) is 0. The molecule has 0 bridgehead atoms. The summed E-state index contributed by atoms with van der Waals surface area (Å²) < 4.78 is 0. The zero-order valence-electron chi connectivity index (χ0n) is 2.97. The standard InChI is InChI=1S/C2H6O.O2/c1-2-3;1-2/h3H,2H2,1H3;. The van der Waals surface area contributed by atoms with Crippen LogP contribution >= 0.6 is 0 Å². The minimum Gasteiger partial charge on any atom is -0.397 e. The summed E-state index contributed by atoms with van der Waals surface area (Å²) in [5, 5.41) is 7.57. The van der Waals surface area contributed by atoms with Gasteiger partial charge in [-0.2, -0.15) is 0 Å². The van der Waals surface area contributed by atoms with E-state index in [1.807, 2.05) is 0 Å². The molecule has 0 aliphatic rings. The van der Waals surface area contributed by atoms with E-state index in [0.717, 1.165) is 0 Å². The van der Waals surface area contributed by atoms with Gasteiger partial charge >= 0.3 is 0 Å². The second-order valence-electron chi connectivity index (χ2n) is 0.316. The molecule has 0 aliphatic heterocycles. The Hall–Kier alpha value is -0.440. The molecule has 0 aromatic rings. The van der Waals surface area contributed by atoms with E-state index in [4.69, 9.17) is 15.0 Å². The first kappa shape index (κ1) is 8.82. The lowest BCUT2D eigenvalue weighted by molar-refractivity contribution is 0.318. The normalized spacial score (nSPS) is 4.40. The highest BCUT2D eigenvalue weighted by atomic mass is 16.7. The maximum absolute atomic E-state index is 7.57. The Morgan fingerprint density at radius 1 is 1.60 bits per heavy atom. The van der Waals surface area contributed by atoms with Crippen molar-refractivity contribution in [1.82, 2.24) is 0 Å². The smallest absolute Gasteiger partial charge is 0.0402 e. The molecule has 0 fully saturated rings. The molecule has 0 rings (SSSR count). The van der Waals surface area contributed by atoms with Crippen molar-refractivity contribution < 1.29 is 5.11 Å². The number of aliphatic hydroxyl groups excluding tert-OH is 1. The van der Waals surface area contributed by atoms with Crippen molar-refractivity contribution in [3.8, 4) is 0 Å². The predicted octanol–water partition coefficient (Wildman–Crippen LogP) is 0.0656. The van der Waals surface area contributed by atoms with Crippen LogP contribution in [0, 0.1) is 9.93 Å². The van der Waals surface area contributed by atoms with Gasteiger partial charge in [-0.15, -0.1) is 0 Å². The highest BCUT2D eigenvalue weighted by Crippen LogP contribution is 1.30. The Labute approximate surface area is 29.8 Å². The van der Waals surface area contributed by atoms with Crippen molar-refractivity contribution in [2.45, 2.75) is 6.92 Å². The van der Waals surface area contributed by atoms with E-state index in [1.54, 1.807) is 6.92 Å². The van der Waals surface area contributed by atoms with Crippen molar-refractivity contribution in [3.05, 3.63) is 9.93 Å². The number of rotatable bonds is 0. The molecular weight excluding hydrogens is 72.0 g/mol. The van der Waals surface area contributed by atoms with Crippen LogP contribution in [0.3, 0.4) is 0 Å². The minimum atomic E-state index is 0.250. The summed E-state index contributed by atoms with van der Waals surface area (Å²) in [6, 6.07) is 0.